The third-order valence-electron chi connectivity index (χ3n) is 8.18. The predicted octanol–water partition coefficient (Wildman–Crippen LogP) is 3.91. The van der Waals surface area contributed by atoms with Gasteiger partial charge in [-0.3, -0.25) is 0 Å². The van der Waals surface area contributed by atoms with Crippen LogP contribution in [0.15, 0.2) is 58.4 Å². The summed E-state index contributed by atoms with van der Waals surface area (Å²) in [6, 6.07) is 14.2. The number of ether oxygens (including phenoxy) is 2. The lowest BCUT2D eigenvalue weighted by atomic mass is 9.94. The molecule has 0 saturated carbocycles. The van der Waals surface area contributed by atoms with Crippen LogP contribution in [0.25, 0.3) is 11.1 Å². The number of hydrogen-bond donors (Lipinski definition) is 4. The van der Waals surface area contributed by atoms with E-state index in [9.17, 15) is 23.1 Å². The van der Waals surface area contributed by atoms with Crippen molar-refractivity contribution in [1.82, 2.24) is 10.0 Å². The highest BCUT2D eigenvalue weighted by Crippen LogP contribution is 2.45. The van der Waals surface area contributed by atoms with E-state index in [1.165, 1.54) is 0 Å². The Morgan fingerprint density at radius 2 is 1.64 bits per heavy atom. The minimum Gasteiger partial charge on any atom is -0.487 e. The number of nitrogens with zero attached hydrogens (tertiary/aromatic N) is 1. The number of carbonyl (C=O) groups excluding carboxylic acids is 1. The van der Waals surface area contributed by atoms with E-state index in [0.29, 0.717) is 28.9 Å². The highest BCUT2D eigenvalue weighted by molar-refractivity contribution is 7.90. The molecule has 3 aromatic carbocycles. The molecule has 44 heavy (non-hydrogen) atoms. The summed E-state index contributed by atoms with van der Waals surface area (Å²) >= 11 is 0. The van der Waals surface area contributed by atoms with Crippen molar-refractivity contribution >= 4 is 28.0 Å². The zero-order chi connectivity index (χ0) is 32.0. The van der Waals surface area contributed by atoms with E-state index in [1.54, 1.807) is 20.8 Å². The molecule has 232 valence electrons. The molecule has 0 bridgehead atoms. The van der Waals surface area contributed by atoms with Crippen LogP contribution in [0.5, 0.6) is 5.75 Å². The van der Waals surface area contributed by atoms with Crippen LogP contribution in [0, 0.1) is 20.8 Å². The average molecular weight is 621 g/mol. The van der Waals surface area contributed by atoms with Crippen LogP contribution in [-0.4, -0.2) is 56.3 Å². The van der Waals surface area contributed by atoms with Crippen molar-refractivity contribution in [2.75, 3.05) is 13.2 Å². The molecule has 5 N–H and O–H groups in total. The molecule has 12 heteroatoms. The summed E-state index contributed by atoms with van der Waals surface area (Å²) in [7, 11) is -4.18. The van der Waals surface area contributed by atoms with E-state index in [-0.39, 0.29) is 17.4 Å². The second kappa shape index (κ2) is 11.5. The number of amides is 1. The summed E-state index contributed by atoms with van der Waals surface area (Å²) in [6.45, 7) is 8.56. The van der Waals surface area contributed by atoms with E-state index in [1.807, 2.05) is 62.4 Å². The van der Waals surface area contributed by atoms with Gasteiger partial charge in [0, 0.05) is 17.9 Å². The van der Waals surface area contributed by atoms with E-state index in [0.717, 1.165) is 27.8 Å². The highest BCUT2D eigenvalue weighted by atomic mass is 32.2. The van der Waals surface area contributed by atoms with Crippen molar-refractivity contribution in [1.29, 1.82) is 0 Å². The Morgan fingerprint density at radius 1 is 1.05 bits per heavy atom. The number of aliphatic carboxylic acids is 1. The van der Waals surface area contributed by atoms with Gasteiger partial charge >= 0.3 is 12.1 Å². The number of guanidine groups is 1. The van der Waals surface area contributed by atoms with Crippen LogP contribution in [0.1, 0.15) is 53.1 Å². The number of nitrogens with two attached hydrogens (primary N) is 1. The number of aliphatic imine (C=N–C) groups is 1. The fourth-order valence-electron chi connectivity index (χ4n) is 6.03. The number of sulfonamides is 1. The standard InChI is InChI=1S/C32H36N4O7S/c1-17-18(2)28(19(3)24-14-32(4,5)43-27(17)24)44(40,41)36-30(33)34-15-26(29(37)38)35-31(39)42-16-25-22-12-8-6-10-20(22)21-11-7-9-13-23(21)25/h6-13,25-26H,14-16H2,1-5H3,(H,35,39)(H,37,38)(H3,33,34,36)/t26-/m0/s1. The first-order chi connectivity index (χ1) is 20.7. The molecule has 0 fully saturated rings. The third kappa shape index (κ3) is 5.81. The van der Waals surface area contributed by atoms with Gasteiger partial charge < -0.3 is 25.6 Å². The highest BCUT2D eigenvalue weighted by Gasteiger charge is 2.37. The quantitative estimate of drug-likeness (QED) is 0.217. The maximum atomic E-state index is 13.4. The Bertz CT molecular complexity index is 1750. The van der Waals surface area contributed by atoms with Gasteiger partial charge in [0.05, 0.1) is 11.4 Å². The SMILES string of the molecule is Cc1c(C)c(S(=O)(=O)NC(N)=NC[C@H](NC(=O)OCC2c3ccccc3-c3ccccc32)C(=O)O)c(C)c2c1OC(C)(C)C2. The molecule has 1 aliphatic heterocycles. The Balaban J connectivity index is 1.25. The minimum absolute atomic E-state index is 0.00146. The fourth-order valence-corrected chi connectivity index (χ4v) is 7.55. The number of carboxylic acid groups (broad SMARTS) is 1. The van der Waals surface area contributed by atoms with Crippen LogP contribution < -0.4 is 20.5 Å². The Kier molecular flexibility index (Phi) is 8.06. The largest absolute Gasteiger partial charge is 0.487 e. The summed E-state index contributed by atoms with van der Waals surface area (Å²) in [6.07, 6.45) is -0.401. The monoisotopic (exact) mass is 620 g/mol. The molecule has 11 nitrogen and oxygen atoms in total. The van der Waals surface area contributed by atoms with Crippen molar-refractivity contribution in [3.63, 3.8) is 0 Å². The van der Waals surface area contributed by atoms with Gasteiger partial charge in [0.25, 0.3) is 10.0 Å². The summed E-state index contributed by atoms with van der Waals surface area (Å²) in [4.78, 5) is 28.5. The zero-order valence-electron chi connectivity index (χ0n) is 25.2. The number of rotatable bonds is 8. The number of hydrogen-bond acceptors (Lipinski definition) is 7. The van der Waals surface area contributed by atoms with Crippen LogP contribution in [0.2, 0.25) is 0 Å². The first kappa shape index (κ1) is 30.9. The number of alkyl carbamates (subject to hydrolysis) is 1. The van der Waals surface area contributed by atoms with Gasteiger partial charge in [-0.05, 0) is 73.6 Å². The van der Waals surface area contributed by atoms with Gasteiger partial charge in [0.15, 0.2) is 0 Å². The van der Waals surface area contributed by atoms with Crippen molar-refractivity contribution < 1.29 is 32.6 Å². The van der Waals surface area contributed by atoms with Gasteiger partial charge in [0.2, 0.25) is 5.96 Å². The topological polar surface area (TPSA) is 169 Å². The zero-order valence-corrected chi connectivity index (χ0v) is 26.0. The molecule has 1 aliphatic carbocycles. The second-order valence-corrected chi connectivity index (χ2v) is 13.4. The lowest BCUT2D eigenvalue weighted by molar-refractivity contribution is -0.139. The van der Waals surface area contributed by atoms with Gasteiger partial charge in [-0.15, -0.1) is 0 Å². The number of carbonyl (C=O) groups is 2. The summed E-state index contributed by atoms with van der Waals surface area (Å²) < 4.78 is 40.6. The molecule has 5 rings (SSSR count). The first-order valence-corrected chi connectivity index (χ1v) is 15.7. The maximum absolute atomic E-state index is 13.4. The molecular formula is C32H36N4O7S. The Morgan fingerprint density at radius 3 is 2.23 bits per heavy atom. The molecule has 0 spiro atoms. The normalized spacial score (nSPS) is 15.9. The molecule has 3 aromatic rings. The molecule has 0 aromatic heterocycles. The third-order valence-corrected chi connectivity index (χ3v) is 9.81. The molecule has 0 unspecified atom stereocenters. The fraction of sp³-hybridized carbons (Fsp3) is 0.344. The van der Waals surface area contributed by atoms with Crippen molar-refractivity contribution in [3.8, 4) is 16.9 Å². The van der Waals surface area contributed by atoms with Gasteiger partial charge in [-0.1, -0.05) is 48.5 Å². The van der Waals surface area contributed by atoms with Crippen molar-refractivity contribution in [2.45, 2.75) is 63.5 Å². The summed E-state index contributed by atoms with van der Waals surface area (Å²) in [5, 5.41) is 12.0. The van der Waals surface area contributed by atoms with Gasteiger partial charge in [0.1, 0.15) is 24.0 Å². The summed E-state index contributed by atoms with van der Waals surface area (Å²) in [5.41, 5.74) is 12.2. The number of carboxylic acids is 1. The summed E-state index contributed by atoms with van der Waals surface area (Å²) in [5.74, 6) is -1.42. The van der Waals surface area contributed by atoms with Crippen molar-refractivity contribution in [3.05, 3.63) is 81.9 Å². The van der Waals surface area contributed by atoms with Gasteiger partial charge in [-0.25, -0.2) is 27.7 Å². The Hall–Kier alpha value is -4.58. The molecule has 1 atom stereocenters. The second-order valence-electron chi connectivity index (χ2n) is 11.7. The molecule has 1 heterocycles. The van der Waals surface area contributed by atoms with Crippen molar-refractivity contribution in [2.24, 2.45) is 10.7 Å². The van der Waals surface area contributed by atoms with Crippen LogP contribution in [0.3, 0.4) is 0 Å². The number of nitrogens with one attached hydrogen (secondary N) is 2. The molecule has 2 aliphatic rings. The minimum atomic E-state index is -4.18. The number of fused-ring (bicyclic) bond motifs is 4. The van der Waals surface area contributed by atoms with Crippen LogP contribution >= 0.6 is 0 Å². The Labute approximate surface area is 256 Å². The molecular weight excluding hydrogens is 584 g/mol. The van der Waals surface area contributed by atoms with E-state index < -0.39 is 46.2 Å². The predicted molar refractivity (Wildman–Crippen MR) is 166 cm³/mol. The lowest BCUT2D eigenvalue weighted by Gasteiger charge is -2.19. The lowest BCUT2D eigenvalue weighted by Crippen LogP contribution is -2.45. The van der Waals surface area contributed by atoms with Gasteiger partial charge in [-0.2, -0.15) is 0 Å². The molecule has 0 saturated heterocycles. The van der Waals surface area contributed by atoms with Crippen LogP contribution in [0.4, 0.5) is 4.79 Å². The molecule has 0 radical (unpaired) electrons. The van der Waals surface area contributed by atoms with Crippen LogP contribution in [-0.2, 0) is 26.0 Å². The van der Waals surface area contributed by atoms with E-state index in [2.05, 4.69) is 15.0 Å². The smallest absolute Gasteiger partial charge is 0.407 e. The maximum Gasteiger partial charge on any atom is 0.407 e. The van der Waals surface area contributed by atoms with E-state index in [4.69, 9.17) is 15.2 Å². The first-order valence-electron chi connectivity index (χ1n) is 14.2. The van der Waals surface area contributed by atoms with E-state index >= 15 is 0 Å². The number of benzene rings is 3. The molecule has 1 amide bonds. The average Bonchev–Trinajstić information content (AvgIpc) is 3.46.